The summed E-state index contributed by atoms with van der Waals surface area (Å²) in [5.74, 6) is 1.32. The maximum atomic E-state index is 12.4. The van der Waals surface area contributed by atoms with Crippen molar-refractivity contribution in [3.63, 3.8) is 0 Å². The van der Waals surface area contributed by atoms with Crippen molar-refractivity contribution in [2.45, 2.75) is 27.2 Å². The van der Waals surface area contributed by atoms with E-state index in [1.165, 1.54) is 6.42 Å². The molecule has 0 bridgehead atoms. The Morgan fingerprint density at radius 1 is 1.28 bits per heavy atom. The number of anilines is 1. The molecule has 2 N–H and O–H groups in total. The molecular formula is C15H22N2O. The molecule has 0 aliphatic carbocycles. The van der Waals surface area contributed by atoms with Gasteiger partial charge in [-0.2, -0.15) is 0 Å². The zero-order chi connectivity index (χ0) is 13.3. The fraction of sp³-hybridized carbons (Fsp3) is 0.533. The van der Waals surface area contributed by atoms with Gasteiger partial charge in [0, 0.05) is 24.3 Å². The molecule has 1 aliphatic rings. The summed E-state index contributed by atoms with van der Waals surface area (Å²) in [5.41, 5.74) is 8.25. The van der Waals surface area contributed by atoms with Gasteiger partial charge in [-0.05, 0) is 48.9 Å². The minimum Gasteiger partial charge on any atom is -0.399 e. The second kappa shape index (κ2) is 5.01. The number of rotatable bonds is 1. The topological polar surface area (TPSA) is 46.3 Å². The SMILES string of the molecule is Cc1cc(C(=O)N2CC(C)CC(C)C2)ccc1N. The molecule has 0 aromatic heterocycles. The molecule has 1 amide bonds. The number of likely N-dealkylation sites (tertiary alicyclic amines) is 1. The van der Waals surface area contributed by atoms with Crippen LogP contribution in [0, 0.1) is 18.8 Å². The zero-order valence-electron chi connectivity index (χ0n) is 11.4. The van der Waals surface area contributed by atoms with E-state index in [1.807, 2.05) is 30.0 Å². The molecule has 1 saturated heterocycles. The number of hydrogen-bond donors (Lipinski definition) is 1. The monoisotopic (exact) mass is 246 g/mol. The summed E-state index contributed by atoms with van der Waals surface area (Å²) < 4.78 is 0. The van der Waals surface area contributed by atoms with Gasteiger partial charge >= 0.3 is 0 Å². The fourth-order valence-electron chi connectivity index (χ4n) is 2.82. The second-order valence-electron chi connectivity index (χ2n) is 5.73. The number of piperidine rings is 1. The Morgan fingerprint density at radius 2 is 1.89 bits per heavy atom. The summed E-state index contributed by atoms with van der Waals surface area (Å²) in [7, 11) is 0. The van der Waals surface area contributed by atoms with Gasteiger partial charge in [-0.1, -0.05) is 13.8 Å². The third-order valence-electron chi connectivity index (χ3n) is 3.67. The largest absolute Gasteiger partial charge is 0.399 e. The van der Waals surface area contributed by atoms with Crippen LogP contribution in [0.1, 0.15) is 36.2 Å². The molecule has 2 unspecified atom stereocenters. The van der Waals surface area contributed by atoms with Crippen LogP contribution in [0.15, 0.2) is 18.2 Å². The summed E-state index contributed by atoms with van der Waals surface area (Å²) in [4.78, 5) is 14.4. The molecule has 3 heteroatoms. The predicted octanol–water partition coefficient (Wildman–Crippen LogP) is 2.70. The first kappa shape index (κ1) is 12.9. The summed E-state index contributed by atoms with van der Waals surface area (Å²) >= 11 is 0. The first-order chi connectivity index (χ1) is 8.47. The second-order valence-corrected chi connectivity index (χ2v) is 5.73. The number of nitrogens with two attached hydrogens (primary N) is 1. The highest BCUT2D eigenvalue weighted by Gasteiger charge is 2.26. The lowest BCUT2D eigenvalue weighted by Gasteiger charge is -2.35. The van der Waals surface area contributed by atoms with Gasteiger partial charge in [0.1, 0.15) is 0 Å². The smallest absolute Gasteiger partial charge is 0.253 e. The maximum Gasteiger partial charge on any atom is 0.253 e. The first-order valence-electron chi connectivity index (χ1n) is 6.62. The number of nitrogen functional groups attached to an aromatic ring is 1. The van der Waals surface area contributed by atoms with Gasteiger partial charge in [0.25, 0.3) is 5.91 Å². The Hall–Kier alpha value is -1.51. The van der Waals surface area contributed by atoms with Crippen LogP contribution >= 0.6 is 0 Å². The first-order valence-corrected chi connectivity index (χ1v) is 6.62. The highest BCUT2D eigenvalue weighted by Crippen LogP contribution is 2.23. The molecule has 1 aromatic carbocycles. The van der Waals surface area contributed by atoms with Gasteiger partial charge in [-0.25, -0.2) is 0 Å². The molecule has 0 radical (unpaired) electrons. The number of amides is 1. The van der Waals surface area contributed by atoms with E-state index < -0.39 is 0 Å². The Labute approximate surface area is 109 Å². The summed E-state index contributed by atoms with van der Waals surface area (Å²) in [6.45, 7) is 8.10. The van der Waals surface area contributed by atoms with Gasteiger partial charge < -0.3 is 10.6 Å². The molecular weight excluding hydrogens is 224 g/mol. The number of carbonyl (C=O) groups is 1. The number of benzene rings is 1. The number of aryl methyl sites for hydroxylation is 1. The van der Waals surface area contributed by atoms with Crippen molar-refractivity contribution in [2.24, 2.45) is 11.8 Å². The van der Waals surface area contributed by atoms with E-state index in [9.17, 15) is 4.79 Å². The minimum absolute atomic E-state index is 0.136. The van der Waals surface area contributed by atoms with E-state index in [2.05, 4.69) is 13.8 Å². The van der Waals surface area contributed by atoms with Crippen molar-refractivity contribution < 1.29 is 4.79 Å². The van der Waals surface area contributed by atoms with Gasteiger partial charge in [0.15, 0.2) is 0 Å². The van der Waals surface area contributed by atoms with Crippen LogP contribution in [0.4, 0.5) is 5.69 Å². The zero-order valence-corrected chi connectivity index (χ0v) is 11.4. The van der Waals surface area contributed by atoms with Gasteiger partial charge in [0.2, 0.25) is 0 Å². The van der Waals surface area contributed by atoms with Crippen LogP contribution < -0.4 is 5.73 Å². The van der Waals surface area contributed by atoms with Crippen LogP contribution in [0.3, 0.4) is 0 Å². The quantitative estimate of drug-likeness (QED) is 0.774. The molecule has 2 atom stereocenters. The molecule has 98 valence electrons. The lowest BCUT2D eigenvalue weighted by atomic mass is 9.91. The molecule has 1 heterocycles. The van der Waals surface area contributed by atoms with E-state index in [-0.39, 0.29) is 5.91 Å². The van der Waals surface area contributed by atoms with Crippen molar-refractivity contribution in [3.8, 4) is 0 Å². The molecule has 0 saturated carbocycles. The number of nitrogens with zero attached hydrogens (tertiary/aromatic N) is 1. The van der Waals surface area contributed by atoms with E-state index in [4.69, 9.17) is 5.73 Å². The highest BCUT2D eigenvalue weighted by atomic mass is 16.2. The van der Waals surface area contributed by atoms with Crippen LogP contribution in [0.5, 0.6) is 0 Å². The van der Waals surface area contributed by atoms with Crippen molar-refractivity contribution in [1.29, 1.82) is 0 Å². The molecule has 1 aromatic rings. The van der Waals surface area contributed by atoms with Crippen LogP contribution in [-0.2, 0) is 0 Å². The molecule has 2 rings (SSSR count). The third-order valence-corrected chi connectivity index (χ3v) is 3.67. The van der Waals surface area contributed by atoms with Gasteiger partial charge in [-0.3, -0.25) is 4.79 Å². The van der Waals surface area contributed by atoms with Crippen molar-refractivity contribution >= 4 is 11.6 Å². The molecule has 0 spiro atoms. The molecule has 1 fully saturated rings. The Morgan fingerprint density at radius 3 is 2.44 bits per heavy atom. The minimum atomic E-state index is 0.136. The van der Waals surface area contributed by atoms with Gasteiger partial charge in [-0.15, -0.1) is 0 Å². The lowest BCUT2D eigenvalue weighted by Crippen LogP contribution is -2.42. The summed E-state index contributed by atoms with van der Waals surface area (Å²) in [5, 5.41) is 0. The summed E-state index contributed by atoms with van der Waals surface area (Å²) in [6.07, 6.45) is 1.21. The normalized spacial score (nSPS) is 24.1. The van der Waals surface area contributed by atoms with Crippen molar-refractivity contribution in [3.05, 3.63) is 29.3 Å². The van der Waals surface area contributed by atoms with E-state index in [0.717, 1.165) is 29.9 Å². The highest BCUT2D eigenvalue weighted by molar-refractivity contribution is 5.95. The molecule has 18 heavy (non-hydrogen) atoms. The Balaban J connectivity index is 2.17. The van der Waals surface area contributed by atoms with E-state index in [0.29, 0.717) is 11.8 Å². The maximum absolute atomic E-state index is 12.4. The number of carbonyl (C=O) groups excluding carboxylic acids is 1. The summed E-state index contributed by atoms with van der Waals surface area (Å²) in [6, 6.07) is 5.54. The van der Waals surface area contributed by atoms with Crippen molar-refractivity contribution in [2.75, 3.05) is 18.8 Å². The average Bonchev–Trinajstić information content (AvgIpc) is 2.30. The van der Waals surface area contributed by atoms with Crippen LogP contribution in [0.25, 0.3) is 0 Å². The number of hydrogen-bond acceptors (Lipinski definition) is 2. The Kier molecular flexibility index (Phi) is 3.60. The van der Waals surface area contributed by atoms with Crippen LogP contribution in [-0.4, -0.2) is 23.9 Å². The molecule has 1 aliphatic heterocycles. The van der Waals surface area contributed by atoms with Crippen LogP contribution in [0.2, 0.25) is 0 Å². The fourth-order valence-corrected chi connectivity index (χ4v) is 2.82. The predicted molar refractivity (Wildman–Crippen MR) is 74.4 cm³/mol. The van der Waals surface area contributed by atoms with E-state index in [1.54, 1.807) is 0 Å². The molecule has 3 nitrogen and oxygen atoms in total. The lowest BCUT2D eigenvalue weighted by molar-refractivity contribution is 0.0623. The van der Waals surface area contributed by atoms with Gasteiger partial charge in [0.05, 0.1) is 0 Å². The standard InChI is InChI=1S/C15H22N2O/c1-10-6-11(2)9-17(8-10)15(18)13-4-5-14(16)12(3)7-13/h4-5,7,10-11H,6,8-9,16H2,1-3H3. The average molecular weight is 246 g/mol. The van der Waals surface area contributed by atoms with E-state index >= 15 is 0 Å². The third kappa shape index (κ3) is 2.66. The van der Waals surface area contributed by atoms with Crippen molar-refractivity contribution in [1.82, 2.24) is 4.90 Å². The Bertz CT molecular complexity index is 446.